The van der Waals surface area contributed by atoms with Crippen LogP contribution in [0.4, 0.5) is 5.69 Å². The molecular weight excluding hydrogens is 398 g/mol. The maximum atomic E-state index is 12.3. The van der Waals surface area contributed by atoms with Gasteiger partial charge in [0, 0.05) is 24.7 Å². The van der Waals surface area contributed by atoms with Crippen LogP contribution in [0.3, 0.4) is 0 Å². The largest absolute Gasteiger partial charge is 0.497 e. The normalized spacial score (nSPS) is 11.8. The second-order valence-corrected chi connectivity index (χ2v) is 7.12. The maximum Gasteiger partial charge on any atom is 0.313 e. The van der Waals surface area contributed by atoms with Gasteiger partial charge in [-0.25, -0.2) is 0 Å². The number of carbonyl (C=O) groups is 2. The number of hydrogen-bond acceptors (Lipinski definition) is 7. The quantitative estimate of drug-likeness (QED) is 0.562. The third kappa shape index (κ3) is 5.67. The summed E-state index contributed by atoms with van der Waals surface area (Å²) < 4.78 is 10.5. The molecule has 31 heavy (non-hydrogen) atoms. The van der Waals surface area contributed by atoms with Gasteiger partial charge in [-0.3, -0.25) is 9.59 Å². The molecule has 9 heteroatoms. The molecule has 2 N–H and O–H groups in total. The molecule has 9 nitrogen and oxygen atoms in total. The van der Waals surface area contributed by atoms with Crippen molar-refractivity contribution in [1.29, 1.82) is 0 Å². The zero-order chi connectivity index (χ0) is 22.4. The molecule has 2 aromatic carbocycles. The van der Waals surface area contributed by atoms with E-state index in [9.17, 15) is 9.59 Å². The van der Waals surface area contributed by atoms with Gasteiger partial charge in [0.25, 0.3) is 0 Å². The zero-order valence-electron chi connectivity index (χ0n) is 17.9. The van der Waals surface area contributed by atoms with E-state index in [2.05, 4.69) is 20.8 Å². The number of aromatic nitrogens is 2. The van der Waals surface area contributed by atoms with Crippen LogP contribution in [0, 0.1) is 6.92 Å². The van der Waals surface area contributed by atoms with Crippen LogP contribution in [-0.4, -0.2) is 54.7 Å². The summed E-state index contributed by atoms with van der Waals surface area (Å²) in [4.78, 5) is 26.6. The van der Waals surface area contributed by atoms with Crippen molar-refractivity contribution in [2.75, 3.05) is 33.1 Å². The minimum absolute atomic E-state index is 0.0974. The molecule has 0 spiro atoms. The Morgan fingerprint density at radius 1 is 1.03 bits per heavy atom. The topological polar surface area (TPSA) is 110 Å². The summed E-state index contributed by atoms with van der Waals surface area (Å²) in [7, 11) is 5.43. The van der Waals surface area contributed by atoms with Gasteiger partial charge >= 0.3 is 11.8 Å². The summed E-state index contributed by atoms with van der Waals surface area (Å²) in [5, 5.41) is 13.0. The fourth-order valence-corrected chi connectivity index (χ4v) is 2.99. The zero-order valence-corrected chi connectivity index (χ0v) is 17.9. The minimum atomic E-state index is -0.742. The second-order valence-electron chi connectivity index (χ2n) is 7.12. The fraction of sp³-hybridized carbons (Fsp3) is 0.273. The Morgan fingerprint density at radius 3 is 2.26 bits per heavy atom. The summed E-state index contributed by atoms with van der Waals surface area (Å²) in [5.41, 5.74) is 2.20. The molecule has 0 aliphatic heterocycles. The number of nitrogens with one attached hydrogen (secondary N) is 2. The number of methoxy groups -OCH3 is 1. The predicted octanol–water partition coefficient (Wildman–Crippen LogP) is 2.41. The van der Waals surface area contributed by atoms with Crippen LogP contribution in [-0.2, 0) is 9.59 Å². The van der Waals surface area contributed by atoms with Crippen LogP contribution >= 0.6 is 0 Å². The number of amides is 2. The SMILES string of the molecule is COc1ccc([C@H](CNC(=O)C(=O)Nc2ccc(-c3nnc(C)o3)cc2)N(C)C)cc1. The first kappa shape index (κ1) is 22.0. The van der Waals surface area contributed by atoms with Crippen molar-refractivity contribution in [3.8, 4) is 17.2 Å². The highest BCUT2D eigenvalue weighted by molar-refractivity contribution is 6.39. The maximum absolute atomic E-state index is 12.3. The van der Waals surface area contributed by atoms with E-state index >= 15 is 0 Å². The lowest BCUT2D eigenvalue weighted by atomic mass is 10.1. The van der Waals surface area contributed by atoms with E-state index in [1.165, 1.54) is 0 Å². The Bertz CT molecular complexity index is 1030. The van der Waals surface area contributed by atoms with Gasteiger partial charge in [-0.1, -0.05) is 12.1 Å². The van der Waals surface area contributed by atoms with E-state index in [4.69, 9.17) is 9.15 Å². The minimum Gasteiger partial charge on any atom is -0.497 e. The number of carbonyl (C=O) groups excluding carboxylic acids is 2. The Kier molecular flexibility index (Phi) is 6.99. The molecule has 0 aliphatic rings. The van der Waals surface area contributed by atoms with Gasteiger partial charge in [-0.2, -0.15) is 0 Å². The molecule has 3 rings (SSSR count). The molecular formula is C22H25N5O4. The van der Waals surface area contributed by atoms with Crippen molar-refractivity contribution in [3.05, 3.63) is 60.0 Å². The van der Waals surface area contributed by atoms with Gasteiger partial charge in [0.2, 0.25) is 11.8 Å². The Balaban J connectivity index is 1.57. The van der Waals surface area contributed by atoms with Crippen LogP contribution in [0.2, 0.25) is 0 Å². The smallest absolute Gasteiger partial charge is 0.313 e. The Morgan fingerprint density at radius 2 is 1.71 bits per heavy atom. The average molecular weight is 423 g/mol. The van der Waals surface area contributed by atoms with Gasteiger partial charge in [0.05, 0.1) is 13.2 Å². The van der Waals surface area contributed by atoms with Crippen molar-refractivity contribution in [3.63, 3.8) is 0 Å². The Labute approximate surface area is 180 Å². The van der Waals surface area contributed by atoms with Gasteiger partial charge in [-0.15, -0.1) is 10.2 Å². The molecule has 1 aromatic heterocycles. The molecule has 1 atom stereocenters. The third-order valence-corrected chi connectivity index (χ3v) is 4.70. The molecule has 1 heterocycles. The second kappa shape index (κ2) is 9.86. The molecule has 0 fully saturated rings. The molecule has 0 saturated carbocycles. The monoisotopic (exact) mass is 423 g/mol. The van der Waals surface area contributed by atoms with E-state index in [1.807, 2.05) is 43.3 Å². The van der Waals surface area contributed by atoms with E-state index in [0.29, 0.717) is 17.5 Å². The molecule has 0 bridgehead atoms. The lowest BCUT2D eigenvalue weighted by molar-refractivity contribution is -0.136. The first-order valence-electron chi connectivity index (χ1n) is 9.67. The molecule has 3 aromatic rings. The van der Waals surface area contributed by atoms with Crippen LogP contribution in [0.5, 0.6) is 5.75 Å². The first-order valence-corrected chi connectivity index (χ1v) is 9.67. The molecule has 2 amide bonds. The lowest BCUT2D eigenvalue weighted by Crippen LogP contribution is -2.40. The lowest BCUT2D eigenvalue weighted by Gasteiger charge is -2.25. The number of anilines is 1. The summed E-state index contributed by atoms with van der Waals surface area (Å²) in [6.45, 7) is 1.99. The van der Waals surface area contributed by atoms with Gasteiger partial charge < -0.3 is 24.7 Å². The molecule has 0 unspecified atom stereocenters. The van der Waals surface area contributed by atoms with E-state index in [1.54, 1.807) is 38.3 Å². The van der Waals surface area contributed by atoms with Gasteiger partial charge in [0.15, 0.2) is 0 Å². The summed E-state index contributed by atoms with van der Waals surface area (Å²) in [6, 6.07) is 14.3. The number of benzene rings is 2. The van der Waals surface area contributed by atoms with E-state index in [0.717, 1.165) is 16.9 Å². The highest BCUT2D eigenvalue weighted by Gasteiger charge is 2.19. The van der Waals surface area contributed by atoms with Crippen molar-refractivity contribution >= 4 is 17.5 Å². The first-order chi connectivity index (χ1) is 14.9. The van der Waals surface area contributed by atoms with Crippen LogP contribution in [0.15, 0.2) is 52.9 Å². The van der Waals surface area contributed by atoms with Gasteiger partial charge in [0.1, 0.15) is 5.75 Å². The van der Waals surface area contributed by atoms with Crippen LogP contribution in [0.25, 0.3) is 11.5 Å². The standard InChI is InChI=1S/C22H25N5O4/c1-14-25-26-22(31-14)16-5-9-17(10-6-16)24-21(29)20(28)23-13-19(27(2)3)15-7-11-18(30-4)12-8-15/h5-12,19H,13H2,1-4H3,(H,23,28)(H,24,29)/t19-/m0/s1. The molecule has 0 saturated heterocycles. The van der Waals surface area contributed by atoms with E-state index < -0.39 is 11.8 Å². The number of rotatable bonds is 7. The van der Waals surface area contributed by atoms with Crippen molar-refractivity contribution in [2.45, 2.75) is 13.0 Å². The summed E-state index contributed by atoms with van der Waals surface area (Å²) in [6.07, 6.45) is 0. The molecule has 0 radical (unpaired) electrons. The predicted molar refractivity (Wildman–Crippen MR) is 116 cm³/mol. The number of hydrogen-bond donors (Lipinski definition) is 2. The number of ether oxygens (including phenoxy) is 1. The highest BCUT2D eigenvalue weighted by atomic mass is 16.5. The highest BCUT2D eigenvalue weighted by Crippen LogP contribution is 2.21. The number of nitrogens with zero attached hydrogens (tertiary/aromatic N) is 3. The van der Waals surface area contributed by atoms with Crippen molar-refractivity contribution in [1.82, 2.24) is 20.4 Å². The van der Waals surface area contributed by atoms with Crippen LogP contribution < -0.4 is 15.4 Å². The number of likely N-dealkylation sites (N-methyl/N-ethyl adjacent to an activating group) is 1. The van der Waals surface area contributed by atoms with E-state index in [-0.39, 0.29) is 12.6 Å². The Hall–Kier alpha value is -3.72. The number of aryl methyl sites for hydroxylation is 1. The molecule has 162 valence electrons. The van der Waals surface area contributed by atoms with Crippen molar-refractivity contribution < 1.29 is 18.7 Å². The summed E-state index contributed by atoms with van der Waals surface area (Å²) in [5.74, 6) is 0.159. The van der Waals surface area contributed by atoms with Crippen LogP contribution in [0.1, 0.15) is 17.5 Å². The average Bonchev–Trinajstić information content (AvgIpc) is 3.20. The molecule has 0 aliphatic carbocycles. The van der Waals surface area contributed by atoms with Crippen molar-refractivity contribution in [2.24, 2.45) is 0 Å². The summed E-state index contributed by atoms with van der Waals surface area (Å²) >= 11 is 0. The fourth-order valence-electron chi connectivity index (χ4n) is 2.99. The third-order valence-electron chi connectivity index (χ3n) is 4.70. The van der Waals surface area contributed by atoms with Gasteiger partial charge in [-0.05, 0) is 56.1 Å².